The number of rotatable bonds is 4. The molecule has 0 saturated heterocycles. The number of benzene rings is 2. The van der Waals surface area contributed by atoms with Crippen molar-refractivity contribution in [1.82, 2.24) is 0 Å². The highest BCUT2D eigenvalue weighted by Crippen LogP contribution is 2.27. The van der Waals surface area contributed by atoms with Crippen LogP contribution in [0.1, 0.15) is 34.1 Å². The highest BCUT2D eigenvalue weighted by Gasteiger charge is 2.09. The zero-order valence-electron chi connectivity index (χ0n) is 11.0. The average Bonchev–Trinajstić information content (AvgIpc) is 2.39. The molecular formula is C17H19Cl. The topological polar surface area (TPSA) is 0 Å². The predicted molar refractivity (Wildman–Crippen MR) is 79.3 cm³/mol. The van der Waals surface area contributed by atoms with Crippen LogP contribution in [0, 0.1) is 13.8 Å². The smallest absolute Gasteiger partial charge is 0.0588 e. The molecule has 2 aromatic rings. The van der Waals surface area contributed by atoms with E-state index in [4.69, 9.17) is 11.6 Å². The molecule has 18 heavy (non-hydrogen) atoms. The highest BCUT2D eigenvalue weighted by molar-refractivity contribution is 6.20. The monoisotopic (exact) mass is 258 g/mol. The van der Waals surface area contributed by atoms with E-state index in [1.807, 2.05) is 18.2 Å². The van der Waals surface area contributed by atoms with Crippen molar-refractivity contribution >= 4 is 11.6 Å². The minimum Gasteiger partial charge on any atom is -0.118 e. The predicted octanol–water partition coefficient (Wildman–Crippen LogP) is 5.22. The second-order valence-electron chi connectivity index (χ2n) is 4.79. The maximum Gasteiger partial charge on any atom is 0.0588 e. The number of hydrogen-bond acceptors (Lipinski definition) is 0. The molecule has 0 saturated carbocycles. The summed E-state index contributed by atoms with van der Waals surface area (Å²) in [5.74, 6) is 0. The lowest BCUT2D eigenvalue weighted by atomic mass is 9.96. The summed E-state index contributed by atoms with van der Waals surface area (Å²) in [6.07, 6.45) is 2.03. The van der Waals surface area contributed by atoms with Crippen molar-refractivity contribution in [3.63, 3.8) is 0 Å². The second-order valence-corrected chi connectivity index (χ2v) is 5.31. The van der Waals surface area contributed by atoms with Gasteiger partial charge in [0.1, 0.15) is 0 Å². The third kappa shape index (κ3) is 3.14. The number of alkyl halides is 1. The van der Waals surface area contributed by atoms with E-state index >= 15 is 0 Å². The molecule has 1 atom stereocenters. The number of aryl methyl sites for hydroxylation is 2. The fourth-order valence-corrected chi connectivity index (χ4v) is 2.60. The molecule has 0 aliphatic heterocycles. The molecule has 0 aliphatic rings. The Morgan fingerprint density at radius 2 is 1.50 bits per heavy atom. The van der Waals surface area contributed by atoms with Crippen LogP contribution in [0.15, 0.2) is 48.5 Å². The van der Waals surface area contributed by atoms with Crippen molar-refractivity contribution < 1.29 is 0 Å². The Labute approximate surface area is 115 Å². The van der Waals surface area contributed by atoms with Gasteiger partial charge in [-0.1, -0.05) is 48.5 Å². The van der Waals surface area contributed by atoms with Crippen molar-refractivity contribution in [2.24, 2.45) is 0 Å². The molecule has 2 aromatic carbocycles. The zero-order chi connectivity index (χ0) is 13.0. The van der Waals surface area contributed by atoms with Gasteiger partial charge in [-0.25, -0.2) is 0 Å². The quantitative estimate of drug-likeness (QED) is 0.660. The van der Waals surface area contributed by atoms with Crippen LogP contribution in [0.4, 0.5) is 0 Å². The van der Waals surface area contributed by atoms with Gasteiger partial charge in [-0.15, -0.1) is 11.6 Å². The molecule has 0 spiro atoms. The zero-order valence-corrected chi connectivity index (χ0v) is 11.7. The van der Waals surface area contributed by atoms with E-state index in [2.05, 4.69) is 44.2 Å². The third-order valence-electron chi connectivity index (χ3n) is 3.45. The lowest BCUT2D eigenvalue weighted by Gasteiger charge is -2.13. The standard InChI is InChI=1S/C17H19Cl/c1-13-7-6-8-14(2)16(13)11-12-17(18)15-9-4-3-5-10-15/h3-10,17H,11-12H2,1-2H3. The molecule has 0 aliphatic carbocycles. The minimum absolute atomic E-state index is 0.102. The van der Waals surface area contributed by atoms with E-state index in [0.29, 0.717) is 0 Å². The van der Waals surface area contributed by atoms with Crippen LogP contribution in [0.25, 0.3) is 0 Å². The normalized spacial score (nSPS) is 12.4. The fourth-order valence-electron chi connectivity index (χ4n) is 2.34. The van der Waals surface area contributed by atoms with E-state index in [-0.39, 0.29) is 5.38 Å². The summed E-state index contributed by atoms with van der Waals surface area (Å²) in [6.45, 7) is 4.35. The SMILES string of the molecule is Cc1cccc(C)c1CCC(Cl)c1ccccc1. The molecule has 0 bridgehead atoms. The first-order valence-electron chi connectivity index (χ1n) is 6.42. The van der Waals surface area contributed by atoms with E-state index in [1.54, 1.807) is 0 Å². The summed E-state index contributed by atoms with van der Waals surface area (Å²) >= 11 is 6.46. The van der Waals surface area contributed by atoms with E-state index in [1.165, 1.54) is 22.3 Å². The molecule has 0 aromatic heterocycles. The molecule has 94 valence electrons. The Kier molecular flexibility index (Phi) is 4.43. The van der Waals surface area contributed by atoms with Crippen LogP contribution < -0.4 is 0 Å². The van der Waals surface area contributed by atoms with Crippen molar-refractivity contribution in [2.45, 2.75) is 32.1 Å². The molecule has 1 heteroatoms. The van der Waals surface area contributed by atoms with E-state index in [0.717, 1.165) is 12.8 Å². The molecule has 2 rings (SSSR count). The van der Waals surface area contributed by atoms with Crippen LogP contribution in [0.2, 0.25) is 0 Å². The average molecular weight is 259 g/mol. The van der Waals surface area contributed by atoms with Crippen LogP contribution >= 0.6 is 11.6 Å². The molecule has 0 radical (unpaired) electrons. The van der Waals surface area contributed by atoms with E-state index < -0.39 is 0 Å². The summed E-state index contributed by atoms with van der Waals surface area (Å²) < 4.78 is 0. The van der Waals surface area contributed by atoms with Gasteiger partial charge in [-0.3, -0.25) is 0 Å². The highest BCUT2D eigenvalue weighted by atomic mass is 35.5. The molecular weight excluding hydrogens is 240 g/mol. The Hall–Kier alpha value is -1.27. The van der Waals surface area contributed by atoms with Gasteiger partial charge < -0.3 is 0 Å². The molecule has 1 unspecified atom stereocenters. The largest absolute Gasteiger partial charge is 0.118 e. The minimum atomic E-state index is 0.102. The Morgan fingerprint density at radius 1 is 0.889 bits per heavy atom. The van der Waals surface area contributed by atoms with Gasteiger partial charge in [0, 0.05) is 0 Å². The first kappa shape index (κ1) is 13.2. The van der Waals surface area contributed by atoms with Gasteiger partial charge in [-0.05, 0) is 48.9 Å². The van der Waals surface area contributed by atoms with Gasteiger partial charge in [0.05, 0.1) is 5.38 Å². The third-order valence-corrected chi connectivity index (χ3v) is 3.92. The lowest BCUT2D eigenvalue weighted by Crippen LogP contribution is -1.98. The summed E-state index contributed by atoms with van der Waals surface area (Å²) in [4.78, 5) is 0. The number of hydrogen-bond donors (Lipinski definition) is 0. The van der Waals surface area contributed by atoms with Gasteiger partial charge in [-0.2, -0.15) is 0 Å². The lowest BCUT2D eigenvalue weighted by molar-refractivity contribution is 0.786. The number of halogens is 1. The molecule has 0 fully saturated rings. The van der Waals surface area contributed by atoms with Gasteiger partial charge in [0.25, 0.3) is 0 Å². The molecule has 0 heterocycles. The van der Waals surface area contributed by atoms with Crippen LogP contribution in [-0.2, 0) is 6.42 Å². The van der Waals surface area contributed by atoms with Crippen LogP contribution in [-0.4, -0.2) is 0 Å². The Balaban J connectivity index is 2.04. The first-order chi connectivity index (χ1) is 8.68. The summed E-state index contributed by atoms with van der Waals surface area (Å²) in [5.41, 5.74) is 5.39. The summed E-state index contributed by atoms with van der Waals surface area (Å²) in [7, 11) is 0. The van der Waals surface area contributed by atoms with Crippen molar-refractivity contribution in [3.05, 3.63) is 70.8 Å². The van der Waals surface area contributed by atoms with Gasteiger partial charge in [0.2, 0.25) is 0 Å². The summed E-state index contributed by atoms with van der Waals surface area (Å²) in [6, 6.07) is 16.8. The van der Waals surface area contributed by atoms with Crippen molar-refractivity contribution in [1.29, 1.82) is 0 Å². The fraction of sp³-hybridized carbons (Fsp3) is 0.294. The van der Waals surface area contributed by atoms with Crippen molar-refractivity contribution in [3.8, 4) is 0 Å². The van der Waals surface area contributed by atoms with Crippen LogP contribution in [0.3, 0.4) is 0 Å². The molecule has 0 N–H and O–H groups in total. The maximum absolute atomic E-state index is 6.46. The first-order valence-corrected chi connectivity index (χ1v) is 6.86. The maximum atomic E-state index is 6.46. The van der Waals surface area contributed by atoms with Gasteiger partial charge in [0.15, 0.2) is 0 Å². The Morgan fingerprint density at radius 3 is 2.11 bits per heavy atom. The molecule has 0 amide bonds. The molecule has 0 nitrogen and oxygen atoms in total. The van der Waals surface area contributed by atoms with Crippen molar-refractivity contribution in [2.75, 3.05) is 0 Å². The second kappa shape index (κ2) is 6.06. The van der Waals surface area contributed by atoms with Gasteiger partial charge >= 0.3 is 0 Å². The van der Waals surface area contributed by atoms with E-state index in [9.17, 15) is 0 Å². The Bertz CT molecular complexity index is 482. The van der Waals surface area contributed by atoms with Crippen LogP contribution in [0.5, 0.6) is 0 Å². The summed E-state index contributed by atoms with van der Waals surface area (Å²) in [5, 5.41) is 0.102.